The van der Waals surface area contributed by atoms with E-state index in [1.807, 2.05) is 81.4 Å². The third-order valence-corrected chi connectivity index (χ3v) is 5.96. The molecule has 0 aliphatic carbocycles. The summed E-state index contributed by atoms with van der Waals surface area (Å²) in [5.74, 6) is 0.314. The highest BCUT2D eigenvalue weighted by Crippen LogP contribution is 2.39. The first-order chi connectivity index (χ1) is 15.4. The number of thiazole rings is 1. The molecule has 0 radical (unpaired) electrons. The van der Waals surface area contributed by atoms with Crippen LogP contribution in [0.2, 0.25) is 0 Å². The summed E-state index contributed by atoms with van der Waals surface area (Å²) in [6.45, 7) is 6.16. The number of carbonyl (C=O) groups is 1. The third kappa shape index (κ3) is 5.24. The smallest absolute Gasteiger partial charge is 0.316 e. The molecule has 4 aromatic rings. The summed E-state index contributed by atoms with van der Waals surface area (Å²) in [5, 5.41) is 4.31. The van der Waals surface area contributed by atoms with Gasteiger partial charge in [0.1, 0.15) is 5.75 Å². The maximum Gasteiger partial charge on any atom is 0.316 e. The maximum absolute atomic E-state index is 12.1. The van der Waals surface area contributed by atoms with Crippen LogP contribution in [-0.2, 0) is 11.3 Å². The number of hydrogen-bond acceptors (Lipinski definition) is 5. The molecule has 0 saturated carbocycles. The first-order valence-corrected chi connectivity index (χ1v) is 11.4. The number of benzene rings is 3. The van der Waals surface area contributed by atoms with Gasteiger partial charge >= 0.3 is 5.97 Å². The van der Waals surface area contributed by atoms with Crippen LogP contribution in [0.25, 0.3) is 21.7 Å². The Morgan fingerprint density at radius 1 is 0.875 bits per heavy atom. The Bertz CT molecular complexity index is 1120. The average molecular weight is 443 g/mol. The van der Waals surface area contributed by atoms with Crippen LogP contribution in [0.15, 0.2) is 84.9 Å². The van der Waals surface area contributed by atoms with Crippen molar-refractivity contribution in [3.63, 3.8) is 0 Å². The van der Waals surface area contributed by atoms with Crippen LogP contribution >= 0.6 is 11.3 Å². The summed E-state index contributed by atoms with van der Waals surface area (Å²) in [6, 6.07) is 28.2. The fourth-order valence-corrected chi connectivity index (χ4v) is 4.07. The molecule has 0 aliphatic heterocycles. The average Bonchev–Trinajstić information content (AvgIpc) is 3.23. The third-order valence-electron chi connectivity index (χ3n) is 4.90. The number of nitrogens with one attached hydrogen (secondary N) is 1. The highest BCUT2D eigenvalue weighted by atomic mass is 32.1. The van der Waals surface area contributed by atoms with Crippen molar-refractivity contribution in [3.8, 4) is 27.4 Å². The van der Waals surface area contributed by atoms with E-state index in [4.69, 9.17) is 9.72 Å². The fourth-order valence-electron chi connectivity index (χ4n) is 3.09. The lowest BCUT2D eigenvalue weighted by atomic mass is 9.97. The molecule has 0 aliphatic rings. The van der Waals surface area contributed by atoms with Crippen molar-refractivity contribution in [1.82, 2.24) is 4.98 Å². The van der Waals surface area contributed by atoms with Crippen LogP contribution in [0.4, 0.5) is 5.13 Å². The van der Waals surface area contributed by atoms with Gasteiger partial charge in [-0.1, -0.05) is 84.1 Å². The minimum Gasteiger partial charge on any atom is -0.426 e. The number of ether oxygens (including phenoxy) is 1. The SMILES string of the molecule is CC(C)(C)C(=O)Oc1ccc(CNc2nc(-c3ccccc3)c(-c3ccccc3)s2)cc1. The molecule has 32 heavy (non-hydrogen) atoms. The zero-order valence-corrected chi connectivity index (χ0v) is 19.3. The molecule has 0 saturated heterocycles. The van der Waals surface area contributed by atoms with E-state index in [0.717, 1.165) is 32.4 Å². The van der Waals surface area contributed by atoms with Crippen LogP contribution < -0.4 is 10.1 Å². The lowest BCUT2D eigenvalue weighted by Gasteiger charge is -2.16. The van der Waals surface area contributed by atoms with Crippen molar-refractivity contribution in [3.05, 3.63) is 90.5 Å². The van der Waals surface area contributed by atoms with Gasteiger partial charge in [0.2, 0.25) is 0 Å². The minimum atomic E-state index is -0.530. The Morgan fingerprint density at radius 2 is 1.47 bits per heavy atom. The molecule has 0 atom stereocenters. The van der Waals surface area contributed by atoms with Crippen LogP contribution in [-0.4, -0.2) is 11.0 Å². The van der Waals surface area contributed by atoms with E-state index in [-0.39, 0.29) is 5.97 Å². The second-order valence-corrected chi connectivity index (χ2v) is 9.56. The largest absolute Gasteiger partial charge is 0.426 e. The van der Waals surface area contributed by atoms with Crippen LogP contribution in [0.3, 0.4) is 0 Å². The van der Waals surface area contributed by atoms with Gasteiger partial charge in [0.05, 0.1) is 16.0 Å². The summed E-state index contributed by atoms with van der Waals surface area (Å²) >= 11 is 1.65. The van der Waals surface area contributed by atoms with E-state index in [1.165, 1.54) is 0 Å². The lowest BCUT2D eigenvalue weighted by molar-refractivity contribution is -0.142. The number of aromatic nitrogens is 1. The normalized spacial score (nSPS) is 11.2. The van der Waals surface area contributed by atoms with Gasteiger partial charge in [0.25, 0.3) is 0 Å². The van der Waals surface area contributed by atoms with Crippen LogP contribution in [0, 0.1) is 5.41 Å². The molecule has 4 nitrogen and oxygen atoms in total. The van der Waals surface area contributed by atoms with Gasteiger partial charge in [-0.2, -0.15) is 0 Å². The Hall–Kier alpha value is -3.44. The second-order valence-electron chi connectivity index (χ2n) is 8.57. The molecule has 4 rings (SSSR count). The minimum absolute atomic E-state index is 0.243. The summed E-state index contributed by atoms with van der Waals surface area (Å²) in [4.78, 5) is 18.1. The van der Waals surface area contributed by atoms with E-state index in [1.54, 1.807) is 11.3 Å². The molecular weight excluding hydrogens is 416 g/mol. The quantitative estimate of drug-likeness (QED) is 0.257. The van der Waals surface area contributed by atoms with Gasteiger partial charge in [-0.05, 0) is 44.0 Å². The van der Waals surface area contributed by atoms with Crippen LogP contribution in [0.1, 0.15) is 26.3 Å². The van der Waals surface area contributed by atoms with Crippen molar-refractivity contribution in [2.24, 2.45) is 5.41 Å². The zero-order valence-electron chi connectivity index (χ0n) is 18.5. The topological polar surface area (TPSA) is 51.2 Å². The monoisotopic (exact) mass is 442 g/mol. The van der Waals surface area contributed by atoms with E-state index in [2.05, 4.69) is 29.6 Å². The highest BCUT2D eigenvalue weighted by Gasteiger charge is 2.23. The van der Waals surface area contributed by atoms with Gasteiger partial charge in [-0.25, -0.2) is 4.98 Å². The van der Waals surface area contributed by atoms with E-state index in [9.17, 15) is 4.79 Å². The molecule has 1 heterocycles. The summed E-state index contributed by atoms with van der Waals surface area (Å²) in [5.41, 5.74) is 3.78. The molecule has 1 aromatic heterocycles. The van der Waals surface area contributed by atoms with Crippen molar-refractivity contribution >= 4 is 22.4 Å². The molecule has 0 spiro atoms. The van der Waals surface area contributed by atoms with Gasteiger partial charge in [-0.15, -0.1) is 0 Å². The Balaban J connectivity index is 1.50. The molecule has 0 amide bonds. The summed E-state index contributed by atoms with van der Waals surface area (Å²) < 4.78 is 5.44. The maximum atomic E-state index is 12.1. The predicted molar refractivity (Wildman–Crippen MR) is 132 cm³/mol. The lowest BCUT2D eigenvalue weighted by Crippen LogP contribution is -2.25. The van der Waals surface area contributed by atoms with Crippen molar-refractivity contribution < 1.29 is 9.53 Å². The molecule has 1 N–H and O–H groups in total. The van der Waals surface area contributed by atoms with Gasteiger partial charge in [-0.3, -0.25) is 4.79 Å². The van der Waals surface area contributed by atoms with Crippen LogP contribution in [0.5, 0.6) is 5.75 Å². The van der Waals surface area contributed by atoms with E-state index < -0.39 is 5.41 Å². The summed E-state index contributed by atoms with van der Waals surface area (Å²) in [7, 11) is 0. The number of carbonyl (C=O) groups excluding carboxylic acids is 1. The van der Waals surface area contributed by atoms with Gasteiger partial charge in [0.15, 0.2) is 5.13 Å². The molecule has 0 bridgehead atoms. The summed E-state index contributed by atoms with van der Waals surface area (Å²) in [6.07, 6.45) is 0. The van der Waals surface area contributed by atoms with Gasteiger partial charge < -0.3 is 10.1 Å². The van der Waals surface area contributed by atoms with Crippen molar-refractivity contribution in [1.29, 1.82) is 0 Å². The molecule has 0 unspecified atom stereocenters. The Labute approximate surface area is 192 Å². The highest BCUT2D eigenvalue weighted by molar-refractivity contribution is 7.19. The number of anilines is 1. The van der Waals surface area contributed by atoms with Crippen molar-refractivity contribution in [2.45, 2.75) is 27.3 Å². The Kier molecular flexibility index (Phi) is 6.37. The van der Waals surface area contributed by atoms with E-state index >= 15 is 0 Å². The number of hydrogen-bond donors (Lipinski definition) is 1. The standard InChI is InChI=1S/C27H26N2O2S/c1-27(2,3)25(30)31-22-16-14-19(15-17-22)18-28-26-29-23(20-10-6-4-7-11-20)24(32-26)21-12-8-5-9-13-21/h4-17H,18H2,1-3H3,(H,28,29). The number of esters is 1. The predicted octanol–water partition coefficient (Wildman–Crippen LogP) is 7.04. The molecule has 162 valence electrons. The number of nitrogens with zero attached hydrogens (tertiary/aromatic N) is 1. The zero-order chi connectivity index (χ0) is 22.6. The second kappa shape index (κ2) is 9.37. The molecule has 3 aromatic carbocycles. The van der Waals surface area contributed by atoms with Crippen molar-refractivity contribution in [2.75, 3.05) is 5.32 Å². The molecule has 5 heteroatoms. The first-order valence-electron chi connectivity index (χ1n) is 10.6. The molecular formula is C27H26N2O2S. The molecule has 0 fully saturated rings. The fraction of sp³-hybridized carbons (Fsp3) is 0.185. The number of rotatable bonds is 6. The Morgan fingerprint density at radius 3 is 2.06 bits per heavy atom. The van der Waals surface area contributed by atoms with Gasteiger partial charge in [0, 0.05) is 12.1 Å². The van der Waals surface area contributed by atoms with E-state index in [0.29, 0.717) is 12.3 Å². The first kappa shape index (κ1) is 21.8.